The number of para-hydroxylation sites is 1. The lowest BCUT2D eigenvalue weighted by atomic mass is 10.1. The number of thiazole rings is 1. The minimum atomic E-state index is -0.666. The zero-order chi connectivity index (χ0) is 24.2. The molecule has 0 radical (unpaired) electrons. The lowest BCUT2D eigenvalue weighted by molar-refractivity contribution is 0.0507. The lowest BCUT2D eigenvalue weighted by Gasteiger charge is -2.29. The molecule has 0 aliphatic carbocycles. The van der Waals surface area contributed by atoms with Gasteiger partial charge in [0.25, 0.3) is 23.7 Å². The van der Waals surface area contributed by atoms with Crippen molar-refractivity contribution in [3.63, 3.8) is 0 Å². The van der Waals surface area contributed by atoms with Crippen LogP contribution in [0.25, 0.3) is 16.2 Å². The van der Waals surface area contributed by atoms with Gasteiger partial charge in [-0.25, -0.2) is 4.52 Å². The second-order valence-corrected chi connectivity index (χ2v) is 9.62. The number of hydrogen-bond donors (Lipinski definition) is 1. The maximum Gasteiger partial charge on any atom is 0.262 e. The van der Waals surface area contributed by atoms with Crippen molar-refractivity contribution in [2.24, 2.45) is 0 Å². The average Bonchev–Trinajstić information content (AvgIpc) is 3.44. The summed E-state index contributed by atoms with van der Waals surface area (Å²) in [6, 6.07) is 12.0. The Morgan fingerprint density at radius 3 is 2.50 bits per heavy atom. The van der Waals surface area contributed by atoms with E-state index in [1.54, 1.807) is 32.4 Å². The fourth-order valence-corrected chi connectivity index (χ4v) is 4.76. The molecular weight excluding hydrogens is 454 g/mol. The molecule has 2 aromatic carbocycles. The lowest BCUT2D eigenvalue weighted by Crippen LogP contribution is -2.45. The van der Waals surface area contributed by atoms with Gasteiger partial charge in [0.2, 0.25) is 4.96 Å². The summed E-state index contributed by atoms with van der Waals surface area (Å²) in [6.07, 6.45) is 0. The van der Waals surface area contributed by atoms with Gasteiger partial charge in [0.1, 0.15) is 5.75 Å². The van der Waals surface area contributed by atoms with Crippen LogP contribution in [0.4, 0.5) is 5.95 Å². The number of amides is 3. The highest BCUT2D eigenvalue weighted by Gasteiger charge is 2.42. The minimum absolute atomic E-state index is 0.132. The first kappa shape index (κ1) is 21.8. The summed E-state index contributed by atoms with van der Waals surface area (Å²) in [5.74, 6) is -0.421. The number of methoxy groups -OCH3 is 1. The molecule has 10 heteroatoms. The number of rotatable bonds is 4. The van der Waals surface area contributed by atoms with E-state index in [4.69, 9.17) is 4.74 Å². The average molecular weight is 476 g/mol. The molecule has 5 rings (SSSR count). The number of imide groups is 1. The van der Waals surface area contributed by atoms with E-state index in [2.05, 4.69) is 15.4 Å². The number of fused-ring (bicyclic) bond motifs is 2. The number of hydrogen-bond acceptors (Lipinski definition) is 7. The van der Waals surface area contributed by atoms with Gasteiger partial charge < -0.3 is 4.74 Å². The molecule has 1 N–H and O–H groups in total. The van der Waals surface area contributed by atoms with Crippen LogP contribution in [-0.2, 0) is 0 Å². The number of carbonyl (C=O) groups excluding carboxylic acids is 3. The molecule has 0 saturated heterocycles. The number of benzene rings is 2. The number of nitrogens with zero attached hydrogens (tertiary/aromatic N) is 4. The van der Waals surface area contributed by atoms with Crippen LogP contribution in [0, 0.1) is 0 Å². The van der Waals surface area contributed by atoms with Crippen LogP contribution >= 0.6 is 11.3 Å². The van der Waals surface area contributed by atoms with E-state index >= 15 is 0 Å². The summed E-state index contributed by atoms with van der Waals surface area (Å²) < 4.78 is 7.09. The summed E-state index contributed by atoms with van der Waals surface area (Å²) in [5, 5.41) is 9.04. The number of anilines is 1. The zero-order valence-electron chi connectivity index (χ0n) is 18.9. The summed E-state index contributed by atoms with van der Waals surface area (Å²) in [7, 11) is 1.60. The van der Waals surface area contributed by atoms with Gasteiger partial charge in [-0.3, -0.25) is 24.6 Å². The first-order valence-electron chi connectivity index (χ1n) is 10.5. The van der Waals surface area contributed by atoms with Gasteiger partial charge in [-0.15, -0.1) is 16.4 Å². The topological polar surface area (TPSA) is 106 Å². The molecule has 3 amide bonds. The van der Waals surface area contributed by atoms with Crippen molar-refractivity contribution in [3.8, 4) is 17.0 Å². The molecule has 1 aliphatic rings. The molecule has 3 heterocycles. The van der Waals surface area contributed by atoms with Gasteiger partial charge in [-0.1, -0.05) is 12.1 Å². The van der Waals surface area contributed by atoms with Crippen LogP contribution in [0.3, 0.4) is 0 Å². The van der Waals surface area contributed by atoms with E-state index in [-0.39, 0.29) is 23.0 Å². The third kappa shape index (κ3) is 3.43. The van der Waals surface area contributed by atoms with Crippen molar-refractivity contribution in [1.82, 2.24) is 19.5 Å². The smallest absolute Gasteiger partial charge is 0.262 e. The van der Waals surface area contributed by atoms with Crippen LogP contribution in [0.2, 0.25) is 0 Å². The van der Waals surface area contributed by atoms with Crippen LogP contribution < -0.4 is 10.1 Å². The van der Waals surface area contributed by atoms with Crippen molar-refractivity contribution in [3.05, 3.63) is 64.5 Å². The van der Waals surface area contributed by atoms with E-state index in [0.29, 0.717) is 16.3 Å². The summed E-state index contributed by atoms with van der Waals surface area (Å²) in [5.41, 5.74) is 1.71. The Labute approximate surface area is 199 Å². The van der Waals surface area contributed by atoms with Gasteiger partial charge in [0.05, 0.1) is 23.9 Å². The maximum absolute atomic E-state index is 12.9. The molecule has 0 atom stereocenters. The third-order valence-electron chi connectivity index (χ3n) is 5.51. The second kappa shape index (κ2) is 7.77. The fourth-order valence-electron chi connectivity index (χ4n) is 3.94. The molecule has 0 fully saturated rings. The molecular formula is C24H21N5O4S. The first-order chi connectivity index (χ1) is 16.2. The normalized spacial score (nSPS) is 13.5. The standard InChI is InChI=1S/C24H21N5O4S/c1-24(2,3)28-20(31)14-10-9-13(11-16(14)21(28)32)19(30)25-22-26-23-29(27-22)17(12-34-23)15-7-5-6-8-18(15)33-4/h5-12H,1-4H3,(H,25,27,30). The van der Waals surface area contributed by atoms with Crippen LogP contribution in [0.5, 0.6) is 5.75 Å². The molecule has 2 aromatic heterocycles. The van der Waals surface area contributed by atoms with Gasteiger partial charge >= 0.3 is 0 Å². The Hall–Kier alpha value is -4.05. The van der Waals surface area contributed by atoms with E-state index < -0.39 is 17.4 Å². The molecule has 0 bridgehead atoms. The highest BCUT2D eigenvalue weighted by atomic mass is 32.1. The van der Waals surface area contributed by atoms with E-state index in [1.807, 2.05) is 29.6 Å². The minimum Gasteiger partial charge on any atom is -0.496 e. The summed E-state index contributed by atoms with van der Waals surface area (Å²) in [6.45, 7) is 5.37. The van der Waals surface area contributed by atoms with E-state index in [1.165, 1.54) is 34.4 Å². The predicted molar refractivity (Wildman–Crippen MR) is 128 cm³/mol. The second-order valence-electron chi connectivity index (χ2n) is 8.78. The van der Waals surface area contributed by atoms with Gasteiger partial charge in [0, 0.05) is 22.0 Å². The van der Waals surface area contributed by atoms with Crippen molar-refractivity contribution in [2.75, 3.05) is 12.4 Å². The Balaban J connectivity index is 1.43. The highest BCUT2D eigenvalue weighted by molar-refractivity contribution is 7.15. The van der Waals surface area contributed by atoms with Crippen molar-refractivity contribution >= 4 is 40.0 Å². The zero-order valence-corrected chi connectivity index (χ0v) is 19.8. The Kier molecular flexibility index (Phi) is 4.98. The largest absolute Gasteiger partial charge is 0.496 e. The summed E-state index contributed by atoms with van der Waals surface area (Å²) >= 11 is 1.39. The molecule has 0 saturated carbocycles. The Morgan fingerprint density at radius 1 is 1.03 bits per heavy atom. The van der Waals surface area contributed by atoms with E-state index in [0.717, 1.165) is 11.3 Å². The van der Waals surface area contributed by atoms with Crippen LogP contribution in [0.1, 0.15) is 51.8 Å². The molecule has 34 heavy (non-hydrogen) atoms. The Morgan fingerprint density at radius 2 is 1.76 bits per heavy atom. The highest BCUT2D eigenvalue weighted by Crippen LogP contribution is 2.33. The number of nitrogens with one attached hydrogen (secondary N) is 1. The summed E-state index contributed by atoms with van der Waals surface area (Å²) in [4.78, 5) is 44.6. The maximum atomic E-state index is 12.9. The molecule has 0 unspecified atom stereocenters. The quantitative estimate of drug-likeness (QED) is 0.445. The van der Waals surface area contributed by atoms with Crippen molar-refractivity contribution in [1.29, 1.82) is 0 Å². The molecule has 172 valence electrons. The fraction of sp³-hybridized carbons (Fsp3) is 0.208. The molecule has 1 aliphatic heterocycles. The molecule has 9 nitrogen and oxygen atoms in total. The predicted octanol–water partition coefficient (Wildman–Crippen LogP) is 4.11. The number of aromatic nitrogens is 3. The van der Waals surface area contributed by atoms with Gasteiger partial charge in [-0.2, -0.15) is 4.98 Å². The monoisotopic (exact) mass is 475 g/mol. The van der Waals surface area contributed by atoms with Crippen molar-refractivity contribution < 1.29 is 19.1 Å². The van der Waals surface area contributed by atoms with Gasteiger partial charge in [0.15, 0.2) is 0 Å². The van der Waals surface area contributed by atoms with E-state index in [9.17, 15) is 14.4 Å². The molecule has 4 aromatic rings. The SMILES string of the molecule is COc1ccccc1-c1csc2nc(NC(=O)c3ccc4c(c3)C(=O)N(C(C)(C)C)C4=O)nn12. The third-order valence-corrected chi connectivity index (χ3v) is 6.33. The van der Waals surface area contributed by atoms with Crippen LogP contribution in [-0.4, -0.2) is 49.9 Å². The number of ether oxygens (including phenoxy) is 1. The van der Waals surface area contributed by atoms with Crippen LogP contribution in [0.15, 0.2) is 47.8 Å². The first-order valence-corrected chi connectivity index (χ1v) is 11.4. The number of carbonyl (C=O) groups is 3. The molecule has 0 spiro atoms. The Bertz CT molecular complexity index is 1480. The van der Waals surface area contributed by atoms with Gasteiger partial charge in [-0.05, 0) is 51.1 Å². The van der Waals surface area contributed by atoms with Crippen molar-refractivity contribution in [2.45, 2.75) is 26.3 Å².